The largest absolute Gasteiger partial charge is 0.0610 e. The van der Waals surface area contributed by atoms with Crippen LogP contribution in [0, 0.1) is 20.8 Å². The lowest BCUT2D eigenvalue weighted by Gasteiger charge is -2.17. The molecule has 0 heteroatoms. The molecule has 110 valence electrons. The molecule has 0 saturated heterocycles. The topological polar surface area (TPSA) is 0 Å². The van der Waals surface area contributed by atoms with Gasteiger partial charge in [-0.15, -0.1) is 0 Å². The van der Waals surface area contributed by atoms with Crippen molar-refractivity contribution in [3.8, 4) is 0 Å². The molecule has 23 heavy (non-hydrogen) atoms. The van der Waals surface area contributed by atoms with Crippen LogP contribution in [0.2, 0.25) is 0 Å². The minimum Gasteiger partial charge on any atom is -0.0610 e. The van der Waals surface area contributed by atoms with Gasteiger partial charge in [0.05, 0.1) is 0 Å². The third-order valence-corrected chi connectivity index (χ3v) is 5.32. The van der Waals surface area contributed by atoms with Crippen LogP contribution in [0.1, 0.15) is 16.7 Å². The summed E-state index contributed by atoms with van der Waals surface area (Å²) in [6.45, 7) is 6.63. The van der Waals surface area contributed by atoms with Gasteiger partial charge in [0.1, 0.15) is 0 Å². The molecule has 0 spiro atoms. The van der Waals surface area contributed by atoms with Gasteiger partial charge in [-0.3, -0.25) is 0 Å². The molecule has 0 nitrogen and oxygen atoms in total. The lowest BCUT2D eigenvalue weighted by atomic mass is 9.87. The van der Waals surface area contributed by atoms with Crippen molar-refractivity contribution in [1.29, 1.82) is 0 Å². The SMILES string of the molecule is Cc1cc2c(C)ccc3c4ccc(C)c5cccc(c(c1)c23)c54. The molecule has 5 aromatic rings. The Labute approximate surface area is 135 Å². The van der Waals surface area contributed by atoms with E-state index in [1.165, 1.54) is 59.8 Å². The molecular weight excluding hydrogens is 276 g/mol. The minimum atomic E-state index is 1.33. The monoisotopic (exact) mass is 294 g/mol. The molecule has 0 amide bonds. The predicted octanol–water partition coefficient (Wildman–Crippen LogP) is 6.66. The quantitative estimate of drug-likeness (QED) is 0.221. The molecular formula is C23H18. The van der Waals surface area contributed by atoms with Crippen molar-refractivity contribution in [3.63, 3.8) is 0 Å². The lowest BCUT2D eigenvalue weighted by Crippen LogP contribution is -1.90. The molecule has 5 aromatic carbocycles. The Hall–Kier alpha value is -2.60. The second kappa shape index (κ2) is 4.23. The van der Waals surface area contributed by atoms with Gasteiger partial charge in [-0.1, -0.05) is 54.6 Å². The summed E-state index contributed by atoms with van der Waals surface area (Å²) >= 11 is 0. The minimum absolute atomic E-state index is 1.33. The zero-order valence-electron chi connectivity index (χ0n) is 13.7. The summed E-state index contributed by atoms with van der Waals surface area (Å²) in [5, 5.41) is 11.1. The number of aryl methyl sites for hydroxylation is 3. The van der Waals surface area contributed by atoms with Gasteiger partial charge in [-0.2, -0.15) is 0 Å². The lowest BCUT2D eigenvalue weighted by molar-refractivity contribution is 1.49. The second-order valence-electron chi connectivity index (χ2n) is 6.82. The molecule has 0 heterocycles. The van der Waals surface area contributed by atoms with E-state index >= 15 is 0 Å². The van der Waals surface area contributed by atoms with E-state index in [9.17, 15) is 0 Å². The summed E-state index contributed by atoms with van der Waals surface area (Å²) in [5.41, 5.74) is 4.04. The first-order valence-electron chi connectivity index (χ1n) is 8.22. The van der Waals surface area contributed by atoms with E-state index in [1.807, 2.05) is 0 Å². The second-order valence-corrected chi connectivity index (χ2v) is 6.82. The number of hydrogen-bond acceptors (Lipinski definition) is 0. The third-order valence-electron chi connectivity index (χ3n) is 5.32. The molecule has 5 rings (SSSR count). The molecule has 0 N–H and O–H groups in total. The zero-order chi connectivity index (χ0) is 15.7. The third kappa shape index (κ3) is 1.56. The molecule has 0 aliphatic rings. The number of fused-ring (bicyclic) bond motifs is 2. The molecule has 0 saturated carbocycles. The van der Waals surface area contributed by atoms with Crippen LogP contribution in [0.4, 0.5) is 0 Å². The highest BCUT2D eigenvalue weighted by molar-refractivity contribution is 6.33. The Kier molecular flexibility index (Phi) is 2.37. The molecule has 0 atom stereocenters. The summed E-state index contributed by atoms with van der Waals surface area (Å²) in [6.07, 6.45) is 0. The van der Waals surface area contributed by atoms with E-state index in [4.69, 9.17) is 0 Å². The molecule has 0 aromatic heterocycles. The number of rotatable bonds is 0. The zero-order valence-corrected chi connectivity index (χ0v) is 13.7. The van der Waals surface area contributed by atoms with Crippen molar-refractivity contribution >= 4 is 43.1 Å². The highest BCUT2D eigenvalue weighted by atomic mass is 14.2. The Morgan fingerprint density at radius 3 is 1.74 bits per heavy atom. The van der Waals surface area contributed by atoms with Gasteiger partial charge < -0.3 is 0 Å². The van der Waals surface area contributed by atoms with Crippen molar-refractivity contribution in [3.05, 3.63) is 71.3 Å². The van der Waals surface area contributed by atoms with E-state index < -0.39 is 0 Å². The van der Waals surface area contributed by atoms with E-state index in [0.29, 0.717) is 0 Å². The fourth-order valence-corrected chi connectivity index (χ4v) is 4.21. The molecule has 0 fully saturated rings. The van der Waals surface area contributed by atoms with Gasteiger partial charge in [-0.25, -0.2) is 0 Å². The van der Waals surface area contributed by atoms with Crippen LogP contribution in [0.5, 0.6) is 0 Å². The van der Waals surface area contributed by atoms with Crippen molar-refractivity contribution < 1.29 is 0 Å². The van der Waals surface area contributed by atoms with E-state index in [2.05, 4.69) is 75.4 Å². The standard InChI is InChI=1S/C23H18/c1-13-11-20-15(3)8-10-19-18-9-7-14(2)16-5-4-6-17(22(16)18)21(12-13)23(19)20/h4-12H,1-3H3. The van der Waals surface area contributed by atoms with Crippen molar-refractivity contribution in [2.24, 2.45) is 0 Å². The van der Waals surface area contributed by atoms with Crippen LogP contribution < -0.4 is 0 Å². The van der Waals surface area contributed by atoms with Gasteiger partial charge in [0.25, 0.3) is 0 Å². The molecule has 0 aliphatic carbocycles. The molecule has 0 aliphatic heterocycles. The van der Waals surface area contributed by atoms with Crippen LogP contribution in [0.15, 0.2) is 54.6 Å². The van der Waals surface area contributed by atoms with Gasteiger partial charge >= 0.3 is 0 Å². The average Bonchev–Trinajstić information content (AvgIpc) is 2.55. The maximum atomic E-state index is 2.35. The van der Waals surface area contributed by atoms with Crippen molar-refractivity contribution in [2.75, 3.05) is 0 Å². The highest BCUT2D eigenvalue weighted by Gasteiger charge is 2.14. The van der Waals surface area contributed by atoms with Crippen LogP contribution in [-0.2, 0) is 0 Å². The maximum absolute atomic E-state index is 2.35. The van der Waals surface area contributed by atoms with Crippen LogP contribution >= 0.6 is 0 Å². The van der Waals surface area contributed by atoms with Crippen LogP contribution in [0.25, 0.3) is 43.1 Å². The Bertz CT molecular complexity index is 1230. The van der Waals surface area contributed by atoms with Crippen LogP contribution in [-0.4, -0.2) is 0 Å². The van der Waals surface area contributed by atoms with Gasteiger partial charge in [0.2, 0.25) is 0 Å². The molecule has 0 bridgehead atoms. The maximum Gasteiger partial charge on any atom is -0.00235 e. The Morgan fingerprint density at radius 2 is 1.00 bits per heavy atom. The van der Waals surface area contributed by atoms with Crippen LogP contribution in [0.3, 0.4) is 0 Å². The summed E-state index contributed by atoms with van der Waals surface area (Å²) in [7, 11) is 0. The van der Waals surface area contributed by atoms with E-state index in [1.54, 1.807) is 0 Å². The fraction of sp³-hybridized carbons (Fsp3) is 0.130. The Morgan fingerprint density at radius 1 is 0.478 bits per heavy atom. The first-order valence-corrected chi connectivity index (χ1v) is 8.22. The summed E-state index contributed by atoms with van der Waals surface area (Å²) in [5.74, 6) is 0. The van der Waals surface area contributed by atoms with Crippen molar-refractivity contribution in [1.82, 2.24) is 0 Å². The normalized spacial score (nSPS) is 12.1. The average molecular weight is 294 g/mol. The first kappa shape index (κ1) is 12.9. The number of benzene rings is 5. The first-order chi connectivity index (χ1) is 11.1. The highest BCUT2D eigenvalue weighted by Crippen LogP contribution is 2.42. The smallest absolute Gasteiger partial charge is 0.00235 e. The fourth-order valence-electron chi connectivity index (χ4n) is 4.21. The molecule has 0 unspecified atom stereocenters. The van der Waals surface area contributed by atoms with Gasteiger partial charge in [0, 0.05) is 0 Å². The van der Waals surface area contributed by atoms with E-state index in [0.717, 1.165) is 0 Å². The molecule has 0 radical (unpaired) electrons. The summed E-state index contributed by atoms with van der Waals surface area (Å²) in [6, 6.07) is 20.5. The predicted molar refractivity (Wildman–Crippen MR) is 102 cm³/mol. The van der Waals surface area contributed by atoms with Gasteiger partial charge in [-0.05, 0) is 80.6 Å². The van der Waals surface area contributed by atoms with Crippen molar-refractivity contribution in [2.45, 2.75) is 20.8 Å². The van der Waals surface area contributed by atoms with E-state index in [-0.39, 0.29) is 0 Å². The summed E-state index contributed by atoms with van der Waals surface area (Å²) < 4.78 is 0. The summed E-state index contributed by atoms with van der Waals surface area (Å²) in [4.78, 5) is 0. The van der Waals surface area contributed by atoms with Gasteiger partial charge in [0.15, 0.2) is 0 Å². The Balaban J connectivity index is 2.27. The number of hydrogen-bond donors (Lipinski definition) is 0.